The van der Waals surface area contributed by atoms with Crippen LogP contribution < -0.4 is 15.8 Å². The minimum Gasteiger partial charge on any atom is -0.496 e. The Bertz CT molecular complexity index is 719. The first-order valence-electron chi connectivity index (χ1n) is 8.62. The van der Waals surface area contributed by atoms with E-state index in [0.717, 1.165) is 41.0 Å². The number of nitrogens with zero attached hydrogens (tertiary/aromatic N) is 2. The number of aryl methyl sites for hydroxylation is 2. The summed E-state index contributed by atoms with van der Waals surface area (Å²) >= 11 is 0. The van der Waals surface area contributed by atoms with Crippen molar-refractivity contribution in [3.8, 4) is 5.75 Å². The number of ether oxygens (including phenoxy) is 1. The molecule has 1 aromatic carbocycles. The van der Waals surface area contributed by atoms with E-state index in [1.54, 1.807) is 7.11 Å². The van der Waals surface area contributed by atoms with Gasteiger partial charge in [-0.25, -0.2) is 4.98 Å². The molecule has 0 spiro atoms. The first kappa shape index (κ1) is 19.0. The van der Waals surface area contributed by atoms with Gasteiger partial charge in [0.2, 0.25) is 5.95 Å². The van der Waals surface area contributed by atoms with Gasteiger partial charge < -0.3 is 20.9 Å². The number of hydrogen-bond acceptors (Lipinski definition) is 6. The van der Waals surface area contributed by atoms with Crippen LogP contribution >= 0.6 is 0 Å². The molecule has 0 bridgehead atoms. The van der Waals surface area contributed by atoms with Gasteiger partial charge in [0.1, 0.15) is 11.6 Å². The molecule has 0 saturated carbocycles. The van der Waals surface area contributed by atoms with Crippen LogP contribution in [-0.2, 0) is 6.42 Å². The molecule has 0 saturated heterocycles. The second-order valence-corrected chi connectivity index (χ2v) is 6.30. The Hall–Kier alpha value is -2.34. The van der Waals surface area contributed by atoms with Gasteiger partial charge in [-0.1, -0.05) is 25.5 Å². The zero-order valence-electron chi connectivity index (χ0n) is 15.5. The molecule has 0 aliphatic heterocycles. The Balaban J connectivity index is 2.39. The fourth-order valence-corrected chi connectivity index (χ4v) is 2.89. The van der Waals surface area contributed by atoms with E-state index in [-0.39, 0.29) is 18.6 Å². The van der Waals surface area contributed by atoms with Gasteiger partial charge in [0.25, 0.3) is 0 Å². The molecule has 136 valence electrons. The van der Waals surface area contributed by atoms with Gasteiger partial charge in [0, 0.05) is 17.7 Å². The number of aliphatic hydroxyl groups excluding tert-OH is 1. The van der Waals surface area contributed by atoms with E-state index in [9.17, 15) is 5.11 Å². The minimum atomic E-state index is -0.0580. The molecule has 1 aromatic heterocycles. The number of rotatable bonds is 8. The van der Waals surface area contributed by atoms with Crippen molar-refractivity contribution in [2.24, 2.45) is 0 Å². The van der Waals surface area contributed by atoms with Crippen molar-refractivity contribution in [3.05, 3.63) is 40.6 Å². The van der Waals surface area contributed by atoms with Crippen molar-refractivity contribution in [2.45, 2.75) is 46.1 Å². The fraction of sp³-hybridized carbons (Fsp3) is 0.474. The second-order valence-electron chi connectivity index (χ2n) is 6.30. The molecule has 1 unspecified atom stereocenters. The second kappa shape index (κ2) is 8.67. The summed E-state index contributed by atoms with van der Waals surface area (Å²) in [5.41, 5.74) is 9.83. The summed E-state index contributed by atoms with van der Waals surface area (Å²) in [7, 11) is 1.67. The minimum absolute atomic E-state index is 0.0457. The number of anilines is 2. The number of methoxy groups -OCH3 is 1. The van der Waals surface area contributed by atoms with Crippen LogP contribution in [0.4, 0.5) is 11.8 Å². The van der Waals surface area contributed by atoms with E-state index in [4.69, 9.17) is 10.5 Å². The highest BCUT2D eigenvalue weighted by Gasteiger charge is 2.16. The van der Waals surface area contributed by atoms with Crippen LogP contribution in [0, 0.1) is 13.8 Å². The Labute approximate surface area is 149 Å². The number of benzene rings is 1. The first-order chi connectivity index (χ1) is 12.0. The lowest BCUT2D eigenvalue weighted by molar-refractivity contribution is 0.268. The summed E-state index contributed by atoms with van der Waals surface area (Å²) in [6.45, 7) is 6.09. The summed E-state index contributed by atoms with van der Waals surface area (Å²) in [6, 6.07) is 6.08. The van der Waals surface area contributed by atoms with Crippen LogP contribution in [-0.4, -0.2) is 34.8 Å². The number of nitrogens with one attached hydrogen (secondary N) is 1. The third-order valence-corrected chi connectivity index (χ3v) is 4.24. The predicted molar refractivity (Wildman–Crippen MR) is 101 cm³/mol. The molecule has 0 radical (unpaired) electrons. The Morgan fingerprint density at radius 2 is 2.04 bits per heavy atom. The zero-order valence-corrected chi connectivity index (χ0v) is 15.5. The molecule has 1 heterocycles. The first-order valence-corrected chi connectivity index (χ1v) is 8.62. The van der Waals surface area contributed by atoms with Crippen molar-refractivity contribution in [1.29, 1.82) is 0 Å². The number of nitrogen functional groups attached to an aromatic ring is 1. The average Bonchev–Trinajstić information content (AvgIpc) is 2.58. The molecule has 6 nitrogen and oxygen atoms in total. The third-order valence-electron chi connectivity index (χ3n) is 4.24. The van der Waals surface area contributed by atoms with E-state index in [2.05, 4.69) is 34.3 Å². The van der Waals surface area contributed by atoms with Gasteiger partial charge in [0.05, 0.1) is 19.8 Å². The lowest BCUT2D eigenvalue weighted by atomic mass is 10.0. The van der Waals surface area contributed by atoms with Gasteiger partial charge in [-0.2, -0.15) is 4.98 Å². The largest absolute Gasteiger partial charge is 0.496 e. The van der Waals surface area contributed by atoms with E-state index < -0.39 is 0 Å². The summed E-state index contributed by atoms with van der Waals surface area (Å²) in [6.07, 6.45) is 2.45. The molecule has 0 aliphatic rings. The van der Waals surface area contributed by atoms with Crippen LogP contribution in [0.5, 0.6) is 5.75 Å². The van der Waals surface area contributed by atoms with E-state index in [1.165, 1.54) is 0 Å². The van der Waals surface area contributed by atoms with E-state index in [0.29, 0.717) is 12.2 Å². The van der Waals surface area contributed by atoms with Gasteiger partial charge in [-0.05, 0) is 37.5 Å². The molecule has 0 aliphatic carbocycles. The molecule has 6 heteroatoms. The Kier molecular flexibility index (Phi) is 6.58. The lowest BCUT2D eigenvalue weighted by Crippen LogP contribution is -2.25. The van der Waals surface area contributed by atoms with Crippen molar-refractivity contribution in [1.82, 2.24) is 9.97 Å². The highest BCUT2D eigenvalue weighted by atomic mass is 16.5. The highest BCUT2D eigenvalue weighted by Crippen LogP contribution is 2.27. The maximum Gasteiger partial charge on any atom is 0.222 e. The van der Waals surface area contributed by atoms with Crippen LogP contribution in [0.3, 0.4) is 0 Å². The molecular weight excluding hydrogens is 316 g/mol. The van der Waals surface area contributed by atoms with Crippen LogP contribution in [0.25, 0.3) is 0 Å². The molecular formula is C19H28N4O2. The van der Waals surface area contributed by atoms with Crippen molar-refractivity contribution < 1.29 is 9.84 Å². The maximum absolute atomic E-state index is 9.59. The Morgan fingerprint density at radius 3 is 2.68 bits per heavy atom. The number of hydrogen-bond donors (Lipinski definition) is 3. The van der Waals surface area contributed by atoms with Gasteiger partial charge >= 0.3 is 0 Å². The third kappa shape index (κ3) is 4.82. The van der Waals surface area contributed by atoms with Crippen LogP contribution in [0.1, 0.15) is 42.1 Å². The molecule has 4 N–H and O–H groups in total. The summed E-state index contributed by atoms with van der Waals surface area (Å²) < 4.78 is 5.52. The van der Waals surface area contributed by atoms with E-state index in [1.807, 2.05) is 19.9 Å². The number of aromatic nitrogens is 2. The van der Waals surface area contributed by atoms with Gasteiger partial charge in [0.15, 0.2) is 0 Å². The molecule has 2 aromatic rings. The molecule has 1 atom stereocenters. The standard InChI is InChI=1S/C19H28N4O2/c1-5-6-15(11-24)22-18-16(13(3)21-19(20)23-18)10-14-8-7-12(2)9-17(14)25-4/h7-9,15,24H,5-6,10-11H2,1-4H3,(H3,20,21,22,23). The predicted octanol–water partition coefficient (Wildman–Crippen LogP) is 2.85. The molecule has 0 fully saturated rings. The quantitative estimate of drug-likeness (QED) is 0.682. The number of aliphatic hydroxyl groups is 1. The molecule has 25 heavy (non-hydrogen) atoms. The smallest absolute Gasteiger partial charge is 0.222 e. The van der Waals surface area contributed by atoms with Crippen LogP contribution in [0.2, 0.25) is 0 Å². The highest BCUT2D eigenvalue weighted by molar-refractivity contribution is 5.53. The van der Waals surface area contributed by atoms with Gasteiger partial charge in [-0.3, -0.25) is 0 Å². The van der Waals surface area contributed by atoms with Gasteiger partial charge in [-0.15, -0.1) is 0 Å². The summed E-state index contributed by atoms with van der Waals surface area (Å²) in [4.78, 5) is 8.68. The average molecular weight is 344 g/mol. The summed E-state index contributed by atoms with van der Waals surface area (Å²) in [5.74, 6) is 1.75. The van der Waals surface area contributed by atoms with Crippen molar-refractivity contribution in [2.75, 3.05) is 24.8 Å². The van der Waals surface area contributed by atoms with Crippen LogP contribution in [0.15, 0.2) is 18.2 Å². The lowest BCUT2D eigenvalue weighted by Gasteiger charge is -2.20. The SMILES string of the molecule is CCCC(CO)Nc1nc(N)nc(C)c1Cc1ccc(C)cc1OC. The van der Waals surface area contributed by atoms with E-state index >= 15 is 0 Å². The fourth-order valence-electron chi connectivity index (χ4n) is 2.89. The van der Waals surface area contributed by atoms with Crippen molar-refractivity contribution >= 4 is 11.8 Å². The van der Waals surface area contributed by atoms with Crippen molar-refractivity contribution in [3.63, 3.8) is 0 Å². The topological polar surface area (TPSA) is 93.3 Å². The molecule has 0 amide bonds. The monoisotopic (exact) mass is 344 g/mol. The normalized spacial score (nSPS) is 12.0. The zero-order chi connectivity index (χ0) is 18.4. The number of nitrogens with two attached hydrogens (primary N) is 1. The molecule has 2 rings (SSSR count). The Morgan fingerprint density at radius 1 is 1.28 bits per heavy atom. The summed E-state index contributed by atoms with van der Waals surface area (Å²) in [5, 5.41) is 12.9. The maximum atomic E-state index is 9.59.